The third kappa shape index (κ3) is 5.93. The molecule has 0 aliphatic heterocycles. The van der Waals surface area contributed by atoms with Crippen LogP contribution in [0.25, 0.3) is 0 Å². The molecule has 3 amide bonds. The van der Waals surface area contributed by atoms with Crippen LogP contribution >= 0.6 is 11.5 Å². The minimum atomic E-state index is -1.20. The van der Waals surface area contributed by atoms with Crippen LogP contribution in [0.3, 0.4) is 0 Å². The Bertz CT molecular complexity index is 1480. The van der Waals surface area contributed by atoms with Gasteiger partial charge in [-0.2, -0.15) is 4.37 Å². The number of benzene rings is 2. The number of ether oxygens (including phenoxy) is 1. The van der Waals surface area contributed by atoms with Crippen LogP contribution in [0, 0.1) is 6.92 Å². The number of furan rings is 1. The van der Waals surface area contributed by atoms with E-state index in [0.29, 0.717) is 17.2 Å². The molecule has 202 valence electrons. The molecule has 0 aliphatic rings. The quantitative estimate of drug-likeness (QED) is 0.271. The molecule has 0 saturated heterocycles. The summed E-state index contributed by atoms with van der Waals surface area (Å²) in [4.78, 5) is 40.9. The zero-order valence-electron chi connectivity index (χ0n) is 21.8. The number of primary amides is 1. The summed E-state index contributed by atoms with van der Waals surface area (Å²) in [5.74, 6) is -0.437. The number of aromatic nitrogens is 1. The number of carbonyl (C=O) groups excluding carboxylic acids is 3. The predicted molar refractivity (Wildman–Crippen MR) is 149 cm³/mol. The van der Waals surface area contributed by atoms with Crippen LogP contribution in [0.2, 0.25) is 0 Å². The Morgan fingerprint density at radius 3 is 2.26 bits per heavy atom. The van der Waals surface area contributed by atoms with Gasteiger partial charge in [0.2, 0.25) is 0 Å². The lowest BCUT2D eigenvalue weighted by Crippen LogP contribution is -2.43. The van der Waals surface area contributed by atoms with Gasteiger partial charge in [-0.05, 0) is 72.4 Å². The molecule has 10 nitrogen and oxygen atoms in total. The third-order valence-electron chi connectivity index (χ3n) is 6.16. The molecule has 5 N–H and O–H groups in total. The zero-order chi connectivity index (χ0) is 28.1. The first kappa shape index (κ1) is 27.4. The molecule has 4 rings (SSSR count). The molecule has 11 heteroatoms. The van der Waals surface area contributed by atoms with Crippen molar-refractivity contribution in [3.05, 3.63) is 93.9 Å². The van der Waals surface area contributed by atoms with Crippen molar-refractivity contribution < 1.29 is 23.5 Å². The van der Waals surface area contributed by atoms with E-state index in [4.69, 9.17) is 20.6 Å². The lowest BCUT2D eigenvalue weighted by atomic mass is 10.1. The lowest BCUT2D eigenvalue weighted by molar-refractivity contribution is -0.123. The molecule has 0 fully saturated rings. The van der Waals surface area contributed by atoms with E-state index in [1.165, 1.54) is 4.90 Å². The number of nitrogen functional groups attached to an aromatic ring is 1. The molecule has 0 spiro atoms. The largest absolute Gasteiger partial charge is 0.497 e. The molecule has 0 saturated carbocycles. The summed E-state index contributed by atoms with van der Waals surface area (Å²) in [6.07, 6.45) is 0.793. The summed E-state index contributed by atoms with van der Waals surface area (Å²) >= 11 is 0.745. The number of rotatable bonds is 10. The highest BCUT2D eigenvalue weighted by molar-refractivity contribution is 7.09. The Morgan fingerprint density at radius 1 is 1.05 bits per heavy atom. The van der Waals surface area contributed by atoms with Crippen molar-refractivity contribution in [1.29, 1.82) is 0 Å². The fourth-order valence-electron chi connectivity index (χ4n) is 4.02. The van der Waals surface area contributed by atoms with Crippen molar-refractivity contribution in [2.24, 2.45) is 5.73 Å². The van der Waals surface area contributed by atoms with Crippen molar-refractivity contribution in [2.75, 3.05) is 17.7 Å². The van der Waals surface area contributed by atoms with E-state index in [9.17, 15) is 14.4 Å². The highest BCUT2D eigenvalue weighted by atomic mass is 32.1. The highest BCUT2D eigenvalue weighted by Gasteiger charge is 2.37. The Morgan fingerprint density at radius 2 is 1.72 bits per heavy atom. The van der Waals surface area contributed by atoms with Gasteiger partial charge < -0.3 is 25.9 Å². The normalized spacial score (nSPS) is 11.6. The van der Waals surface area contributed by atoms with Gasteiger partial charge in [-0.15, -0.1) is 0 Å². The van der Waals surface area contributed by atoms with Crippen LogP contribution in [0.15, 0.2) is 65.1 Å². The minimum Gasteiger partial charge on any atom is -0.497 e. The average molecular weight is 548 g/mol. The Labute approximate surface area is 229 Å². The third-order valence-corrected chi connectivity index (χ3v) is 7.01. The number of hydrogen-bond acceptors (Lipinski definition) is 8. The van der Waals surface area contributed by atoms with Crippen molar-refractivity contribution >= 4 is 40.6 Å². The van der Waals surface area contributed by atoms with Crippen molar-refractivity contribution in [3.8, 4) is 5.75 Å². The minimum absolute atomic E-state index is 0.0143. The second kappa shape index (κ2) is 11.8. The summed E-state index contributed by atoms with van der Waals surface area (Å²) in [5.41, 5.74) is 13.5. The first-order chi connectivity index (χ1) is 18.7. The van der Waals surface area contributed by atoms with Gasteiger partial charge in [-0.3, -0.25) is 19.3 Å². The van der Waals surface area contributed by atoms with Crippen molar-refractivity contribution in [2.45, 2.75) is 32.9 Å². The summed E-state index contributed by atoms with van der Waals surface area (Å²) in [5, 5.41) is 2.91. The molecule has 4 aromatic rings. The molecule has 1 atom stereocenters. The van der Waals surface area contributed by atoms with Gasteiger partial charge in [0, 0.05) is 12.2 Å². The number of anilines is 2. The zero-order valence-corrected chi connectivity index (χ0v) is 22.6. The van der Waals surface area contributed by atoms with Crippen LogP contribution in [0.5, 0.6) is 5.75 Å². The van der Waals surface area contributed by atoms with Gasteiger partial charge >= 0.3 is 0 Å². The Balaban J connectivity index is 1.77. The number of nitrogens with two attached hydrogens (primary N) is 2. The fourth-order valence-corrected chi connectivity index (χ4v) is 4.76. The van der Waals surface area contributed by atoms with Gasteiger partial charge in [0.1, 0.15) is 22.1 Å². The number of hydrogen-bond donors (Lipinski definition) is 3. The van der Waals surface area contributed by atoms with E-state index < -0.39 is 23.8 Å². The number of nitrogens with zero attached hydrogens (tertiary/aromatic N) is 2. The van der Waals surface area contributed by atoms with Gasteiger partial charge in [-0.25, -0.2) is 0 Å². The van der Waals surface area contributed by atoms with E-state index in [-0.39, 0.29) is 28.6 Å². The van der Waals surface area contributed by atoms with Crippen molar-refractivity contribution in [3.63, 3.8) is 0 Å². The average Bonchev–Trinajstić information content (AvgIpc) is 3.55. The number of methoxy groups -OCH3 is 1. The van der Waals surface area contributed by atoms with E-state index in [0.717, 1.165) is 29.1 Å². The monoisotopic (exact) mass is 547 g/mol. The maximum Gasteiger partial charge on any atom is 0.273 e. The second-order valence-corrected chi connectivity index (χ2v) is 9.52. The lowest BCUT2D eigenvalue weighted by Gasteiger charge is -2.30. The molecular formula is C28H29N5O5S. The molecule has 0 bridgehead atoms. The van der Waals surface area contributed by atoms with Crippen LogP contribution in [0.1, 0.15) is 55.8 Å². The first-order valence-electron chi connectivity index (χ1n) is 12.2. The van der Waals surface area contributed by atoms with Gasteiger partial charge in [0.05, 0.1) is 12.8 Å². The van der Waals surface area contributed by atoms with Gasteiger partial charge in [0.15, 0.2) is 11.7 Å². The summed E-state index contributed by atoms with van der Waals surface area (Å²) in [6.45, 7) is 3.96. The summed E-state index contributed by atoms with van der Waals surface area (Å²) in [6, 6.07) is 16.7. The summed E-state index contributed by atoms with van der Waals surface area (Å²) in [7, 11) is 1.58. The molecule has 2 aromatic heterocycles. The predicted octanol–water partition coefficient (Wildman–Crippen LogP) is 4.00. The number of amides is 3. The highest BCUT2D eigenvalue weighted by Crippen LogP contribution is 2.34. The molecular weight excluding hydrogens is 518 g/mol. The molecule has 2 aromatic carbocycles. The smallest absolute Gasteiger partial charge is 0.273 e. The van der Waals surface area contributed by atoms with Crippen LogP contribution in [-0.4, -0.2) is 29.2 Å². The van der Waals surface area contributed by atoms with E-state index in [1.54, 1.807) is 50.4 Å². The van der Waals surface area contributed by atoms with Gasteiger partial charge in [-0.1, -0.05) is 31.2 Å². The van der Waals surface area contributed by atoms with Crippen LogP contribution in [0.4, 0.5) is 11.4 Å². The molecule has 2 heterocycles. The standard InChI is InChI=1S/C28H29N5O5S/c1-4-17-6-10-19(11-7-17)33(28(36)25-22(29)23(26(30)34)32-39-25)24(21-14-5-16(2)38-21)27(35)31-15-18-8-12-20(37-3)13-9-18/h5-14,24H,4,15,29H2,1-3H3,(H2,30,34)(H,31,35). The van der Waals surface area contributed by atoms with Gasteiger partial charge in [0.25, 0.3) is 17.7 Å². The molecule has 0 aliphatic carbocycles. The number of carbonyl (C=O) groups is 3. The molecule has 0 radical (unpaired) electrons. The van der Waals surface area contributed by atoms with E-state index in [1.807, 2.05) is 31.2 Å². The Kier molecular flexibility index (Phi) is 8.30. The number of nitrogens with one attached hydrogen (secondary N) is 1. The topological polar surface area (TPSA) is 154 Å². The number of aryl methyl sites for hydroxylation is 2. The van der Waals surface area contributed by atoms with Crippen molar-refractivity contribution in [1.82, 2.24) is 9.69 Å². The second-order valence-electron chi connectivity index (χ2n) is 8.75. The van der Waals surface area contributed by atoms with E-state index in [2.05, 4.69) is 9.69 Å². The Hall–Kier alpha value is -4.64. The van der Waals surface area contributed by atoms with E-state index >= 15 is 0 Å². The summed E-state index contributed by atoms with van der Waals surface area (Å²) < 4.78 is 15.0. The molecule has 1 unspecified atom stereocenters. The maximum atomic E-state index is 14.1. The van der Waals surface area contributed by atoms with Crippen LogP contribution < -0.4 is 26.4 Å². The molecule has 39 heavy (non-hydrogen) atoms. The maximum absolute atomic E-state index is 14.1. The first-order valence-corrected chi connectivity index (χ1v) is 12.9. The fraction of sp³-hybridized carbons (Fsp3) is 0.214. The SMILES string of the molecule is CCc1ccc(N(C(=O)c2snc(C(N)=O)c2N)C(C(=O)NCc2ccc(OC)cc2)c2ccc(C)o2)cc1. The van der Waals surface area contributed by atoms with Crippen LogP contribution in [-0.2, 0) is 17.8 Å².